The summed E-state index contributed by atoms with van der Waals surface area (Å²) in [6.45, 7) is 3.49. The van der Waals surface area contributed by atoms with Crippen LogP contribution in [0.4, 0.5) is 0 Å². The van der Waals surface area contributed by atoms with Crippen LogP contribution < -0.4 is 0 Å². The topological polar surface area (TPSA) is 60.9 Å². The minimum absolute atomic E-state index is 0.108. The first-order chi connectivity index (χ1) is 16.9. The number of halogens is 1. The highest BCUT2D eigenvalue weighted by Gasteiger charge is 2.35. The van der Waals surface area contributed by atoms with Gasteiger partial charge in [-0.05, 0) is 42.7 Å². The molecule has 1 amide bonds. The summed E-state index contributed by atoms with van der Waals surface area (Å²) in [5, 5.41) is 0.487. The molecule has 0 radical (unpaired) electrons. The van der Waals surface area contributed by atoms with E-state index >= 15 is 0 Å². The molecule has 0 aromatic heterocycles. The van der Waals surface area contributed by atoms with Gasteiger partial charge in [0, 0.05) is 43.8 Å². The van der Waals surface area contributed by atoms with Gasteiger partial charge in [0.2, 0.25) is 15.9 Å². The van der Waals surface area contributed by atoms with Gasteiger partial charge >= 0.3 is 0 Å². The number of sulfonamides is 1. The van der Waals surface area contributed by atoms with E-state index in [9.17, 15) is 13.2 Å². The average molecular weight is 516 g/mol. The zero-order valence-corrected chi connectivity index (χ0v) is 21.6. The molecule has 0 spiro atoms. The van der Waals surface area contributed by atoms with Crippen LogP contribution in [0.5, 0.6) is 0 Å². The summed E-state index contributed by atoms with van der Waals surface area (Å²) in [5.74, 6) is -0.118. The highest BCUT2D eigenvalue weighted by Crippen LogP contribution is 2.28. The summed E-state index contributed by atoms with van der Waals surface area (Å²) < 4.78 is 28.5. The Morgan fingerprint density at radius 2 is 1.60 bits per heavy atom. The zero-order chi connectivity index (χ0) is 24.7. The number of hydrogen-bond donors (Lipinski definition) is 0. The number of piperazine rings is 1. The number of carbonyl (C=O) groups is 1. The van der Waals surface area contributed by atoms with Crippen molar-refractivity contribution in [1.82, 2.24) is 14.1 Å². The smallest absolute Gasteiger partial charge is 0.243 e. The van der Waals surface area contributed by atoms with Crippen molar-refractivity contribution < 1.29 is 13.2 Å². The predicted octanol–water partition coefficient (Wildman–Crippen LogP) is 4.52. The Labute approximate surface area is 214 Å². The number of nitrogens with zero attached hydrogens (tertiary/aromatic N) is 3. The van der Waals surface area contributed by atoms with Crippen molar-refractivity contribution >= 4 is 33.6 Å². The molecule has 1 aliphatic carbocycles. The maximum Gasteiger partial charge on any atom is 0.243 e. The second-order valence-corrected chi connectivity index (χ2v) is 11.6. The third-order valence-corrected chi connectivity index (χ3v) is 9.06. The van der Waals surface area contributed by atoms with Gasteiger partial charge in [-0.3, -0.25) is 9.69 Å². The molecule has 1 heterocycles. The molecule has 0 atom stereocenters. The molecular formula is C27H34ClN3O3S. The van der Waals surface area contributed by atoms with Crippen LogP contribution in [-0.2, 0) is 14.8 Å². The summed E-state index contributed by atoms with van der Waals surface area (Å²) in [6.07, 6.45) is 8.93. The average Bonchev–Trinajstić information content (AvgIpc) is 2.89. The molecule has 2 aromatic carbocycles. The molecule has 8 heteroatoms. The fourth-order valence-electron chi connectivity index (χ4n) is 4.84. The molecule has 0 unspecified atom stereocenters. The maximum absolute atomic E-state index is 13.5. The number of carbonyl (C=O) groups excluding carboxylic acids is 1. The Bertz CT molecular complexity index is 1090. The number of amides is 1. The molecule has 1 saturated carbocycles. The van der Waals surface area contributed by atoms with Crippen LogP contribution in [0.25, 0.3) is 6.08 Å². The highest BCUT2D eigenvalue weighted by atomic mass is 35.5. The third kappa shape index (κ3) is 6.94. The molecule has 0 bridgehead atoms. The van der Waals surface area contributed by atoms with Crippen molar-refractivity contribution in [3.8, 4) is 0 Å². The van der Waals surface area contributed by atoms with Crippen molar-refractivity contribution in [2.24, 2.45) is 0 Å². The van der Waals surface area contributed by atoms with Crippen LogP contribution in [0.3, 0.4) is 0 Å². The van der Waals surface area contributed by atoms with Gasteiger partial charge in [0.15, 0.2) is 0 Å². The van der Waals surface area contributed by atoms with Crippen LogP contribution in [0.1, 0.15) is 37.7 Å². The normalized spacial score (nSPS) is 18.4. The minimum atomic E-state index is -3.79. The Balaban J connectivity index is 1.37. The van der Waals surface area contributed by atoms with E-state index in [1.165, 1.54) is 22.0 Å². The minimum Gasteiger partial charge on any atom is -0.339 e. The first kappa shape index (κ1) is 25.9. The SMILES string of the molecule is O=C(CN(C1CCCCC1)S(=O)(=O)c1ccc(Cl)cc1)N1CCN(C/C=C/c2ccccc2)CC1. The fourth-order valence-corrected chi connectivity index (χ4v) is 6.60. The summed E-state index contributed by atoms with van der Waals surface area (Å²) in [6, 6.07) is 16.3. The summed E-state index contributed by atoms with van der Waals surface area (Å²) >= 11 is 5.97. The van der Waals surface area contributed by atoms with E-state index in [0.29, 0.717) is 18.1 Å². The molecule has 6 nitrogen and oxygen atoms in total. The van der Waals surface area contributed by atoms with Crippen molar-refractivity contribution in [2.75, 3.05) is 39.3 Å². The van der Waals surface area contributed by atoms with Crippen LogP contribution in [0.2, 0.25) is 5.02 Å². The van der Waals surface area contributed by atoms with E-state index in [-0.39, 0.29) is 23.4 Å². The van der Waals surface area contributed by atoms with Gasteiger partial charge in [-0.2, -0.15) is 4.31 Å². The second kappa shape index (κ2) is 12.2. The Hall–Kier alpha value is -2.19. The van der Waals surface area contributed by atoms with Crippen LogP contribution in [0, 0.1) is 0 Å². The van der Waals surface area contributed by atoms with E-state index in [2.05, 4.69) is 29.2 Å². The summed E-state index contributed by atoms with van der Waals surface area (Å²) in [5.41, 5.74) is 1.17. The number of rotatable bonds is 8. The van der Waals surface area contributed by atoms with Crippen LogP contribution in [-0.4, -0.2) is 73.7 Å². The van der Waals surface area contributed by atoms with Crippen LogP contribution in [0.15, 0.2) is 65.6 Å². The molecule has 35 heavy (non-hydrogen) atoms. The van der Waals surface area contributed by atoms with Gasteiger partial charge in [-0.15, -0.1) is 0 Å². The lowest BCUT2D eigenvalue weighted by Gasteiger charge is -2.37. The predicted molar refractivity (Wildman–Crippen MR) is 141 cm³/mol. The quantitative estimate of drug-likeness (QED) is 0.518. The zero-order valence-electron chi connectivity index (χ0n) is 20.1. The van der Waals surface area contributed by atoms with Gasteiger partial charge < -0.3 is 4.90 Å². The summed E-state index contributed by atoms with van der Waals surface area (Å²) in [7, 11) is -3.79. The van der Waals surface area contributed by atoms with Crippen molar-refractivity contribution in [2.45, 2.75) is 43.0 Å². The lowest BCUT2D eigenvalue weighted by Crippen LogP contribution is -2.53. The first-order valence-corrected chi connectivity index (χ1v) is 14.2. The highest BCUT2D eigenvalue weighted by molar-refractivity contribution is 7.89. The van der Waals surface area contributed by atoms with E-state index in [1.54, 1.807) is 12.1 Å². The molecule has 188 valence electrons. The Morgan fingerprint density at radius 3 is 2.26 bits per heavy atom. The monoisotopic (exact) mass is 515 g/mol. The lowest BCUT2D eigenvalue weighted by molar-refractivity contribution is -0.133. The largest absolute Gasteiger partial charge is 0.339 e. The van der Waals surface area contributed by atoms with Crippen LogP contribution >= 0.6 is 11.6 Å². The fraction of sp³-hybridized carbons (Fsp3) is 0.444. The van der Waals surface area contributed by atoms with E-state index in [0.717, 1.165) is 51.7 Å². The lowest BCUT2D eigenvalue weighted by atomic mass is 9.95. The molecule has 0 N–H and O–H groups in total. The molecule has 2 fully saturated rings. The van der Waals surface area contributed by atoms with E-state index in [1.807, 2.05) is 23.1 Å². The standard InChI is InChI=1S/C27H34ClN3O3S/c28-24-13-15-26(16-14-24)35(33,34)31(25-11-5-2-6-12-25)22-27(32)30-20-18-29(19-21-30)17-7-10-23-8-3-1-4-9-23/h1,3-4,7-10,13-16,25H,2,5-6,11-12,17-22H2/b10-7+. The number of hydrogen-bond acceptors (Lipinski definition) is 4. The molecule has 1 aliphatic heterocycles. The maximum atomic E-state index is 13.5. The van der Waals surface area contributed by atoms with Gasteiger partial charge in [0.25, 0.3) is 0 Å². The Kier molecular flexibility index (Phi) is 9.00. The van der Waals surface area contributed by atoms with E-state index < -0.39 is 10.0 Å². The number of benzene rings is 2. The second-order valence-electron chi connectivity index (χ2n) is 9.29. The summed E-state index contributed by atoms with van der Waals surface area (Å²) in [4.78, 5) is 17.6. The molecule has 2 aliphatic rings. The van der Waals surface area contributed by atoms with Gasteiger partial charge in [0.1, 0.15) is 0 Å². The third-order valence-electron chi connectivity index (χ3n) is 6.89. The molecule has 2 aromatic rings. The van der Waals surface area contributed by atoms with Crippen molar-refractivity contribution in [3.63, 3.8) is 0 Å². The van der Waals surface area contributed by atoms with Crippen molar-refractivity contribution in [1.29, 1.82) is 0 Å². The van der Waals surface area contributed by atoms with Gasteiger partial charge in [0.05, 0.1) is 11.4 Å². The van der Waals surface area contributed by atoms with E-state index in [4.69, 9.17) is 11.6 Å². The van der Waals surface area contributed by atoms with Gasteiger partial charge in [-0.25, -0.2) is 8.42 Å². The molecule has 4 rings (SSSR count). The molecule has 1 saturated heterocycles. The first-order valence-electron chi connectivity index (χ1n) is 12.4. The van der Waals surface area contributed by atoms with Gasteiger partial charge in [-0.1, -0.05) is 73.3 Å². The Morgan fingerprint density at radius 1 is 0.943 bits per heavy atom. The molecular weight excluding hydrogens is 482 g/mol. The van der Waals surface area contributed by atoms with Crippen molar-refractivity contribution in [3.05, 3.63) is 71.3 Å².